The van der Waals surface area contributed by atoms with Crippen LogP contribution in [0.3, 0.4) is 0 Å². The van der Waals surface area contributed by atoms with E-state index in [1.54, 1.807) is 14.0 Å². The standard InChI is InChI=1S/C15H16N4O3/c1-10-18-12(9-17-21)7-14(19-10)15(20)16-8-11-4-3-5-13(6-11)22-2/h3-7,9,21H,8H2,1-2H3,(H,16,20)/b17-9+. The Morgan fingerprint density at radius 1 is 1.41 bits per heavy atom. The number of carbonyl (C=O) groups excluding carboxylic acids is 1. The second-order valence-corrected chi connectivity index (χ2v) is 4.50. The third kappa shape index (κ3) is 4.02. The van der Waals surface area contributed by atoms with Gasteiger partial charge >= 0.3 is 0 Å². The molecule has 1 aromatic carbocycles. The number of methoxy groups -OCH3 is 1. The topological polar surface area (TPSA) is 96.7 Å². The first kappa shape index (κ1) is 15.4. The minimum Gasteiger partial charge on any atom is -0.497 e. The Bertz CT molecular complexity index is 701. The molecule has 1 aromatic heterocycles. The fourth-order valence-corrected chi connectivity index (χ4v) is 1.89. The van der Waals surface area contributed by atoms with Gasteiger partial charge in [-0.15, -0.1) is 0 Å². The Labute approximate surface area is 127 Å². The van der Waals surface area contributed by atoms with Gasteiger partial charge in [-0.25, -0.2) is 9.97 Å². The molecule has 0 aliphatic heterocycles. The predicted molar refractivity (Wildman–Crippen MR) is 80.3 cm³/mol. The van der Waals surface area contributed by atoms with Crippen LogP contribution in [-0.2, 0) is 6.54 Å². The first-order valence-electron chi connectivity index (χ1n) is 6.56. The van der Waals surface area contributed by atoms with Crippen molar-refractivity contribution in [3.8, 4) is 5.75 Å². The zero-order valence-electron chi connectivity index (χ0n) is 12.3. The average molecular weight is 300 g/mol. The highest BCUT2D eigenvalue weighted by Gasteiger charge is 2.10. The van der Waals surface area contributed by atoms with E-state index < -0.39 is 0 Å². The van der Waals surface area contributed by atoms with Gasteiger partial charge in [0.2, 0.25) is 0 Å². The van der Waals surface area contributed by atoms with E-state index in [2.05, 4.69) is 20.4 Å². The molecule has 114 valence electrons. The maximum atomic E-state index is 12.1. The molecule has 1 heterocycles. The molecule has 0 spiro atoms. The highest BCUT2D eigenvalue weighted by Crippen LogP contribution is 2.12. The number of amides is 1. The van der Waals surface area contributed by atoms with Crippen molar-refractivity contribution in [1.29, 1.82) is 0 Å². The molecule has 2 N–H and O–H groups in total. The van der Waals surface area contributed by atoms with Crippen LogP contribution in [0, 0.1) is 6.92 Å². The summed E-state index contributed by atoms with van der Waals surface area (Å²) < 4.78 is 5.13. The van der Waals surface area contributed by atoms with Crippen LogP contribution >= 0.6 is 0 Å². The Morgan fingerprint density at radius 3 is 2.95 bits per heavy atom. The molecule has 22 heavy (non-hydrogen) atoms. The van der Waals surface area contributed by atoms with Crippen molar-refractivity contribution in [2.24, 2.45) is 5.16 Å². The van der Waals surface area contributed by atoms with Crippen molar-refractivity contribution < 1.29 is 14.7 Å². The van der Waals surface area contributed by atoms with Crippen molar-refractivity contribution >= 4 is 12.1 Å². The van der Waals surface area contributed by atoms with Crippen LogP contribution in [-0.4, -0.2) is 34.4 Å². The number of ether oxygens (including phenoxy) is 1. The first-order chi connectivity index (χ1) is 10.6. The zero-order valence-corrected chi connectivity index (χ0v) is 12.3. The maximum absolute atomic E-state index is 12.1. The minimum absolute atomic E-state index is 0.213. The number of hydrogen-bond donors (Lipinski definition) is 2. The van der Waals surface area contributed by atoms with Gasteiger partial charge in [-0.1, -0.05) is 17.3 Å². The van der Waals surface area contributed by atoms with Crippen LogP contribution in [0.4, 0.5) is 0 Å². The summed E-state index contributed by atoms with van der Waals surface area (Å²) in [6.07, 6.45) is 1.15. The Morgan fingerprint density at radius 2 is 2.23 bits per heavy atom. The molecule has 0 aliphatic rings. The van der Waals surface area contributed by atoms with Gasteiger partial charge in [-0.2, -0.15) is 0 Å². The molecule has 0 aliphatic carbocycles. The normalized spacial score (nSPS) is 10.6. The van der Waals surface area contributed by atoms with Gasteiger partial charge < -0.3 is 15.3 Å². The molecular formula is C15H16N4O3. The number of aryl methyl sites for hydroxylation is 1. The third-order valence-corrected chi connectivity index (χ3v) is 2.87. The van der Waals surface area contributed by atoms with E-state index >= 15 is 0 Å². The van der Waals surface area contributed by atoms with Crippen molar-refractivity contribution in [2.45, 2.75) is 13.5 Å². The van der Waals surface area contributed by atoms with E-state index in [0.717, 1.165) is 17.5 Å². The molecule has 7 nitrogen and oxygen atoms in total. The van der Waals surface area contributed by atoms with Gasteiger partial charge in [-0.05, 0) is 30.7 Å². The van der Waals surface area contributed by atoms with E-state index in [1.807, 2.05) is 24.3 Å². The number of benzene rings is 1. The lowest BCUT2D eigenvalue weighted by molar-refractivity contribution is 0.0945. The summed E-state index contributed by atoms with van der Waals surface area (Å²) in [5.74, 6) is 0.816. The molecule has 1 amide bonds. The second-order valence-electron chi connectivity index (χ2n) is 4.50. The van der Waals surface area contributed by atoms with Crippen LogP contribution in [0.25, 0.3) is 0 Å². The summed E-state index contributed by atoms with van der Waals surface area (Å²) in [4.78, 5) is 20.2. The van der Waals surface area contributed by atoms with E-state index in [-0.39, 0.29) is 11.6 Å². The first-order valence-corrected chi connectivity index (χ1v) is 6.56. The van der Waals surface area contributed by atoms with E-state index in [9.17, 15) is 4.79 Å². The number of hydrogen-bond acceptors (Lipinski definition) is 6. The monoisotopic (exact) mass is 300 g/mol. The van der Waals surface area contributed by atoms with Gasteiger partial charge in [0.25, 0.3) is 5.91 Å². The fraction of sp³-hybridized carbons (Fsp3) is 0.200. The molecule has 7 heteroatoms. The quantitative estimate of drug-likeness (QED) is 0.496. The molecular weight excluding hydrogens is 284 g/mol. The van der Waals surface area contributed by atoms with Crippen LogP contribution in [0.5, 0.6) is 5.75 Å². The molecule has 0 atom stereocenters. The van der Waals surface area contributed by atoms with Crippen LogP contribution in [0.15, 0.2) is 35.5 Å². The summed E-state index contributed by atoms with van der Waals surface area (Å²) in [7, 11) is 1.59. The van der Waals surface area contributed by atoms with Crippen LogP contribution < -0.4 is 10.1 Å². The number of nitrogens with zero attached hydrogens (tertiary/aromatic N) is 3. The lowest BCUT2D eigenvalue weighted by Gasteiger charge is -2.07. The number of nitrogens with one attached hydrogen (secondary N) is 1. The smallest absolute Gasteiger partial charge is 0.270 e. The van der Waals surface area contributed by atoms with Crippen LogP contribution in [0.2, 0.25) is 0 Å². The highest BCUT2D eigenvalue weighted by molar-refractivity contribution is 5.93. The fourth-order valence-electron chi connectivity index (χ4n) is 1.89. The lowest BCUT2D eigenvalue weighted by Crippen LogP contribution is -2.24. The Hall–Kier alpha value is -2.96. The second kappa shape index (κ2) is 7.16. The van der Waals surface area contributed by atoms with Gasteiger partial charge in [0.1, 0.15) is 17.3 Å². The summed E-state index contributed by atoms with van der Waals surface area (Å²) in [6.45, 7) is 2.01. The molecule has 0 saturated heterocycles. The number of oxime groups is 1. The lowest BCUT2D eigenvalue weighted by atomic mass is 10.2. The van der Waals surface area contributed by atoms with Crippen molar-refractivity contribution in [3.05, 3.63) is 53.1 Å². The SMILES string of the molecule is COc1cccc(CNC(=O)c2cc(/C=N/O)nc(C)n2)c1. The van der Waals surface area contributed by atoms with E-state index in [4.69, 9.17) is 9.94 Å². The molecule has 2 rings (SSSR count). The average Bonchev–Trinajstić information content (AvgIpc) is 2.52. The van der Waals surface area contributed by atoms with E-state index in [1.165, 1.54) is 6.07 Å². The van der Waals surface area contributed by atoms with E-state index in [0.29, 0.717) is 18.1 Å². The summed E-state index contributed by atoms with van der Waals surface area (Å²) in [6, 6.07) is 8.87. The molecule has 0 radical (unpaired) electrons. The Balaban J connectivity index is 2.08. The van der Waals surface area contributed by atoms with Crippen molar-refractivity contribution in [1.82, 2.24) is 15.3 Å². The summed E-state index contributed by atoms with van der Waals surface area (Å²) in [5, 5.41) is 14.2. The molecule has 0 saturated carbocycles. The minimum atomic E-state index is -0.332. The molecule has 0 bridgehead atoms. The number of aromatic nitrogens is 2. The molecule has 0 fully saturated rings. The largest absolute Gasteiger partial charge is 0.497 e. The van der Waals surface area contributed by atoms with Crippen molar-refractivity contribution in [2.75, 3.05) is 7.11 Å². The molecule has 2 aromatic rings. The third-order valence-electron chi connectivity index (χ3n) is 2.87. The van der Waals surface area contributed by atoms with Gasteiger partial charge in [0.15, 0.2) is 0 Å². The van der Waals surface area contributed by atoms with Crippen LogP contribution in [0.1, 0.15) is 27.6 Å². The predicted octanol–water partition coefficient (Wildman–Crippen LogP) is 1.53. The highest BCUT2D eigenvalue weighted by atomic mass is 16.5. The summed E-state index contributed by atoms with van der Waals surface area (Å²) >= 11 is 0. The number of carbonyl (C=O) groups is 1. The zero-order chi connectivity index (χ0) is 15.9. The maximum Gasteiger partial charge on any atom is 0.270 e. The van der Waals surface area contributed by atoms with Gasteiger partial charge in [-0.3, -0.25) is 4.79 Å². The van der Waals surface area contributed by atoms with Gasteiger partial charge in [0.05, 0.1) is 19.0 Å². The van der Waals surface area contributed by atoms with Crippen molar-refractivity contribution in [3.63, 3.8) is 0 Å². The summed E-state index contributed by atoms with van der Waals surface area (Å²) in [5.41, 5.74) is 1.49. The Kier molecular flexibility index (Phi) is 5.02. The number of rotatable bonds is 5. The molecule has 0 unspecified atom stereocenters. The van der Waals surface area contributed by atoms with Gasteiger partial charge in [0, 0.05) is 6.54 Å².